The molecule has 2 N–H and O–H groups in total. The molecule has 0 unspecified atom stereocenters. The van der Waals surface area contributed by atoms with Crippen LogP contribution in [0.2, 0.25) is 0 Å². The molecule has 2 amide bonds. The normalized spacial score (nSPS) is 18.3. The van der Waals surface area contributed by atoms with Crippen molar-refractivity contribution in [1.29, 1.82) is 0 Å². The molecular weight excluding hydrogens is 346 g/mol. The topological polar surface area (TPSA) is 84.3 Å². The number of carbonyl (C=O) groups excluding carboxylic acids is 1. The number of carboxylic acid groups (broad SMARTS) is 1. The summed E-state index contributed by atoms with van der Waals surface area (Å²) < 4.78 is 0. The molecule has 7 nitrogen and oxygen atoms in total. The van der Waals surface area contributed by atoms with E-state index in [4.69, 9.17) is 5.11 Å². The molecule has 0 aliphatic carbocycles. The van der Waals surface area contributed by atoms with Gasteiger partial charge in [0.15, 0.2) is 0 Å². The minimum Gasteiger partial charge on any atom is -0.465 e. The molecule has 1 aromatic rings. The Morgan fingerprint density at radius 1 is 1.04 bits per heavy atom. The van der Waals surface area contributed by atoms with E-state index in [-0.39, 0.29) is 12.3 Å². The van der Waals surface area contributed by atoms with Crippen molar-refractivity contribution in [3.8, 4) is 0 Å². The van der Waals surface area contributed by atoms with E-state index >= 15 is 0 Å². The molecule has 0 bridgehead atoms. The molecule has 0 atom stereocenters. The fourth-order valence-electron chi connectivity index (χ4n) is 3.76. The molecule has 1 saturated heterocycles. The van der Waals surface area contributed by atoms with E-state index in [0.29, 0.717) is 26.2 Å². The van der Waals surface area contributed by atoms with Gasteiger partial charge in [0, 0.05) is 45.8 Å². The number of benzene rings is 1. The minimum atomic E-state index is -0.965. The van der Waals surface area contributed by atoms with Gasteiger partial charge in [-0.25, -0.2) is 4.79 Å². The number of hydrogen-bond acceptors (Lipinski definition) is 4. The highest BCUT2D eigenvalue weighted by atomic mass is 16.4. The highest BCUT2D eigenvalue weighted by molar-refractivity contribution is 5.77. The van der Waals surface area contributed by atoms with Gasteiger partial charge in [-0.15, -0.1) is 0 Å². The summed E-state index contributed by atoms with van der Waals surface area (Å²) in [5.74, 6) is 0.0129. The first-order valence-corrected chi connectivity index (χ1v) is 9.52. The molecule has 2 aliphatic rings. The summed E-state index contributed by atoms with van der Waals surface area (Å²) in [6.07, 6.45) is 0.0570. The van der Waals surface area contributed by atoms with Crippen molar-refractivity contribution in [3.63, 3.8) is 0 Å². The van der Waals surface area contributed by atoms with Crippen LogP contribution >= 0.6 is 0 Å². The maximum absolute atomic E-state index is 12.2. The smallest absolute Gasteiger partial charge is 0.407 e. The number of amides is 2. The summed E-state index contributed by atoms with van der Waals surface area (Å²) in [5.41, 5.74) is 2.60. The first-order valence-electron chi connectivity index (χ1n) is 9.52. The molecule has 0 spiro atoms. The first kappa shape index (κ1) is 19.6. The lowest BCUT2D eigenvalue weighted by atomic mass is 9.97. The van der Waals surface area contributed by atoms with Crippen LogP contribution in [0, 0.1) is 0 Å². The minimum absolute atomic E-state index is 0.0129. The molecule has 0 aromatic heterocycles. The molecule has 2 heterocycles. The van der Waals surface area contributed by atoms with Crippen LogP contribution in [-0.4, -0.2) is 75.2 Å². The van der Waals surface area contributed by atoms with E-state index in [1.54, 1.807) is 13.8 Å². The summed E-state index contributed by atoms with van der Waals surface area (Å²) >= 11 is 0. The van der Waals surface area contributed by atoms with Gasteiger partial charge in [-0.05, 0) is 37.0 Å². The van der Waals surface area contributed by atoms with Crippen molar-refractivity contribution in [2.24, 2.45) is 0 Å². The van der Waals surface area contributed by atoms with Crippen molar-refractivity contribution >= 4 is 12.0 Å². The number of hydrogen-bond donors (Lipinski definition) is 2. The van der Waals surface area contributed by atoms with E-state index in [2.05, 4.69) is 17.0 Å². The van der Waals surface area contributed by atoms with Crippen LogP contribution in [0.4, 0.5) is 4.79 Å². The quantitative estimate of drug-likeness (QED) is 0.834. The van der Waals surface area contributed by atoms with E-state index in [0.717, 1.165) is 31.6 Å². The lowest BCUT2D eigenvalue weighted by Crippen LogP contribution is -2.49. The third kappa shape index (κ3) is 5.20. The van der Waals surface area contributed by atoms with Crippen LogP contribution in [0.1, 0.15) is 37.0 Å². The van der Waals surface area contributed by atoms with Gasteiger partial charge in [0.05, 0.1) is 12.0 Å². The molecule has 1 aromatic carbocycles. The van der Waals surface area contributed by atoms with Crippen LogP contribution in [-0.2, 0) is 24.3 Å². The molecule has 0 radical (unpaired) electrons. The Bertz CT molecular complexity index is 706. The maximum Gasteiger partial charge on any atom is 0.407 e. The van der Waals surface area contributed by atoms with Gasteiger partial charge in [-0.1, -0.05) is 18.2 Å². The Hall–Kier alpha value is -2.12. The second-order valence-corrected chi connectivity index (χ2v) is 8.20. The van der Waals surface area contributed by atoms with E-state index in [1.165, 1.54) is 16.0 Å². The van der Waals surface area contributed by atoms with Gasteiger partial charge in [0.2, 0.25) is 5.91 Å². The number of nitrogens with zero attached hydrogens (tertiary/aromatic N) is 3. The zero-order valence-electron chi connectivity index (χ0n) is 16.1. The molecule has 148 valence electrons. The molecule has 3 rings (SSSR count). The van der Waals surface area contributed by atoms with Crippen LogP contribution < -0.4 is 0 Å². The second kappa shape index (κ2) is 7.86. The fraction of sp³-hybridized carbons (Fsp3) is 0.600. The lowest BCUT2D eigenvalue weighted by molar-refractivity contribution is -0.137. The number of rotatable bonds is 4. The maximum atomic E-state index is 12.2. The number of aliphatic hydroxyl groups is 1. The van der Waals surface area contributed by atoms with Crippen molar-refractivity contribution in [2.45, 2.75) is 45.4 Å². The van der Waals surface area contributed by atoms with Crippen LogP contribution in [0.25, 0.3) is 0 Å². The predicted octanol–water partition coefficient (Wildman–Crippen LogP) is 1.53. The van der Waals surface area contributed by atoms with Gasteiger partial charge >= 0.3 is 6.09 Å². The summed E-state index contributed by atoms with van der Waals surface area (Å²) in [6, 6.07) is 6.32. The highest BCUT2D eigenvalue weighted by Gasteiger charge is 2.26. The highest BCUT2D eigenvalue weighted by Crippen LogP contribution is 2.22. The average Bonchev–Trinajstić information content (AvgIpc) is 2.60. The SMILES string of the molecule is CC(C)(O)CC(=O)N1CCN(Cc2ccc3c(c2)CCN(C(=O)O)C3)CC1. The summed E-state index contributed by atoms with van der Waals surface area (Å²) in [4.78, 5) is 29.0. The third-order valence-corrected chi connectivity index (χ3v) is 5.27. The zero-order valence-corrected chi connectivity index (χ0v) is 16.1. The third-order valence-electron chi connectivity index (χ3n) is 5.27. The van der Waals surface area contributed by atoms with Crippen molar-refractivity contribution in [1.82, 2.24) is 14.7 Å². The van der Waals surface area contributed by atoms with Crippen molar-refractivity contribution < 1.29 is 19.8 Å². The Labute approximate surface area is 160 Å². The number of carbonyl (C=O) groups is 2. The first-order chi connectivity index (χ1) is 12.7. The Morgan fingerprint density at radius 3 is 2.37 bits per heavy atom. The van der Waals surface area contributed by atoms with E-state index in [1.807, 2.05) is 11.0 Å². The summed E-state index contributed by atoms with van der Waals surface area (Å²) in [5, 5.41) is 19.0. The summed E-state index contributed by atoms with van der Waals surface area (Å²) in [6.45, 7) is 8.19. The monoisotopic (exact) mass is 375 g/mol. The Morgan fingerprint density at radius 2 is 1.74 bits per heavy atom. The van der Waals surface area contributed by atoms with Crippen LogP contribution in [0.15, 0.2) is 18.2 Å². The molecule has 2 aliphatic heterocycles. The van der Waals surface area contributed by atoms with Crippen molar-refractivity contribution in [3.05, 3.63) is 34.9 Å². The van der Waals surface area contributed by atoms with Gasteiger partial charge in [-0.2, -0.15) is 0 Å². The molecule has 0 saturated carbocycles. The predicted molar refractivity (Wildman–Crippen MR) is 101 cm³/mol. The molecule has 1 fully saturated rings. The molecule has 7 heteroatoms. The standard InChI is InChI=1S/C20H29N3O4/c1-20(2,27)12-18(24)22-9-7-21(8-10-22)13-15-3-4-17-14-23(19(25)26)6-5-16(17)11-15/h3-4,11,27H,5-10,12-14H2,1-2H3,(H,25,26). The van der Waals surface area contributed by atoms with E-state index < -0.39 is 11.7 Å². The zero-order chi connectivity index (χ0) is 19.6. The van der Waals surface area contributed by atoms with Gasteiger partial charge in [0.25, 0.3) is 0 Å². The largest absolute Gasteiger partial charge is 0.465 e. The number of piperazine rings is 1. The molecule has 27 heavy (non-hydrogen) atoms. The lowest BCUT2D eigenvalue weighted by Gasteiger charge is -2.36. The van der Waals surface area contributed by atoms with Crippen LogP contribution in [0.3, 0.4) is 0 Å². The fourth-order valence-corrected chi connectivity index (χ4v) is 3.76. The molecular formula is C20H29N3O4. The van der Waals surface area contributed by atoms with Gasteiger partial charge in [-0.3, -0.25) is 9.69 Å². The summed E-state index contributed by atoms with van der Waals surface area (Å²) in [7, 11) is 0. The Balaban J connectivity index is 1.53. The van der Waals surface area contributed by atoms with E-state index in [9.17, 15) is 14.7 Å². The number of fused-ring (bicyclic) bond motifs is 1. The average molecular weight is 375 g/mol. The van der Waals surface area contributed by atoms with Gasteiger partial charge < -0.3 is 20.0 Å². The van der Waals surface area contributed by atoms with Crippen LogP contribution in [0.5, 0.6) is 0 Å². The Kier molecular flexibility index (Phi) is 5.72. The van der Waals surface area contributed by atoms with Crippen molar-refractivity contribution in [2.75, 3.05) is 32.7 Å². The van der Waals surface area contributed by atoms with Gasteiger partial charge in [0.1, 0.15) is 0 Å². The second-order valence-electron chi connectivity index (χ2n) is 8.20.